The number of rotatable bonds is 8. The van der Waals surface area contributed by atoms with Gasteiger partial charge in [0.25, 0.3) is 0 Å². The summed E-state index contributed by atoms with van der Waals surface area (Å²) >= 11 is 0. The number of carbonyl (C=O) groups excluding carboxylic acids is 1. The molecule has 0 radical (unpaired) electrons. The molecular formula is C16H26N2O4S. The number of nitrogens with two attached hydrogens (primary N) is 1. The van der Waals surface area contributed by atoms with Crippen molar-refractivity contribution in [2.75, 3.05) is 18.6 Å². The van der Waals surface area contributed by atoms with Crippen LogP contribution in [0.15, 0.2) is 18.2 Å². The van der Waals surface area contributed by atoms with Crippen molar-refractivity contribution in [2.24, 2.45) is 5.73 Å². The van der Waals surface area contributed by atoms with Crippen LogP contribution in [0.3, 0.4) is 0 Å². The van der Waals surface area contributed by atoms with Gasteiger partial charge in [0.2, 0.25) is 5.91 Å². The molecule has 0 aliphatic heterocycles. The van der Waals surface area contributed by atoms with Gasteiger partial charge in [-0.3, -0.25) is 4.79 Å². The van der Waals surface area contributed by atoms with Crippen LogP contribution in [-0.2, 0) is 14.6 Å². The minimum absolute atomic E-state index is 0.102. The predicted octanol–water partition coefficient (Wildman–Crippen LogP) is 0.949. The first kappa shape index (κ1) is 19.4. The van der Waals surface area contributed by atoms with Crippen LogP contribution in [0.5, 0.6) is 5.75 Å². The molecule has 2 atom stereocenters. The van der Waals surface area contributed by atoms with Gasteiger partial charge < -0.3 is 15.8 Å². The zero-order valence-corrected chi connectivity index (χ0v) is 14.9. The molecule has 0 fully saturated rings. The number of ether oxygens (including phenoxy) is 1. The SMILES string of the molecule is Cc1cccc(C)c1OCC(C)NC(=O)C(N)CCS(C)(=O)=O. The molecule has 0 spiro atoms. The molecule has 0 heterocycles. The normalized spacial score (nSPS) is 14.1. The number of hydrogen-bond acceptors (Lipinski definition) is 5. The van der Waals surface area contributed by atoms with E-state index in [1.54, 1.807) is 0 Å². The van der Waals surface area contributed by atoms with E-state index in [1.165, 1.54) is 0 Å². The van der Waals surface area contributed by atoms with Crippen LogP contribution in [0.2, 0.25) is 0 Å². The third kappa shape index (κ3) is 7.00. The molecule has 0 bridgehead atoms. The van der Waals surface area contributed by atoms with Crippen LogP contribution >= 0.6 is 0 Å². The average molecular weight is 342 g/mol. The standard InChI is InChI=1S/C16H26N2O4S/c1-11-6-5-7-12(2)15(11)22-10-13(3)18-16(19)14(17)8-9-23(4,20)21/h5-7,13-14H,8-10,17H2,1-4H3,(H,18,19). The topological polar surface area (TPSA) is 98.5 Å². The monoisotopic (exact) mass is 342 g/mol. The number of sulfone groups is 1. The van der Waals surface area contributed by atoms with Crippen molar-refractivity contribution in [1.29, 1.82) is 0 Å². The molecule has 23 heavy (non-hydrogen) atoms. The zero-order valence-electron chi connectivity index (χ0n) is 14.1. The molecule has 6 nitrogen and oxygen atoms in total. The van der Waals surface area contributed by atoms with E-state index in [9.17, 15) is 13.2 Å². The summed E-state index contributed by atoms with van der Waals surface area (Å²) in [5, 5.41) is 2.74. The molecule has 1 rings (SSSR count). The number of aryl methyl sites for hydroxylation is 2. The van der Waals surface area contributed by atoms with Crippen molar-refractivity contribution in [3.63, 3.8) is 0 Å². The number of amides is 1. The molecule has 1 aromatic carbocycles. The van der Waals surface area contributed by atoms with Gasteiger partial charge >= 0.3 is 0 Å². The van der Waals surface area contributed by atoms with Gasteiger partial charge in [-0.15, -0.1) is 0 Å². The number of carbonyl (C=O) groups is 1. The van der Waals surface area contributed by atoms with Crippen LogP contribution in [0.1, 0.15) is 24.5 Å². The van der Waals surface area contributed by atoms with E-state index in [4.69, 9.17) is 10.5 Å². The van der Waals surface area contributed by atoms with Gasteiger partial charge in [-0.2, -0.15) is 0 Å². The Balaban J connectivity index is 2.47. The maximum atomic E-state index is 11.9. The maximum Gasteiger partial charge on any atom is 0.237 e. The molecule has 1 amide bonds. The molecule has 0 aromatic heterocycles. The summed E-state index contributed by atoms with van der Waals surface area (Å²) in [5.74, 6) is 0.343. The third-order valence-electron chi connectivity index (χ3n) is 3.41. The van der Waals surface area contributed by atoms with E-state index >= 15 is 0 Å². The molecule has 0 aliphatic carbocycles. The fourth-order valence-corrected chi connectivity index (χ4v) is 2.78. The fourth-order valence-electron chi connectivity index (χ4n) is 2.10. The quantitative estimate of drug-likeness (QED) is 0.733. The molecule has 0 aliphatic rings. The van der Waals surface area contributed by atoms with Gasteiger partial charge in [0.15, 0.2) is 0 Å². The van der Waals surface area contributed by atoms with Crippen LogP contribution in [-0.4, -0.2) is 45.0 Å². The van der Waals surface area contributed by atoms with Crippen LogP contribution in [0.25, 0.3) is 0 Å². The Morgan fingerprint density at radius 3 is 2.39 bits per heavy atom. The highest BCUT2D eigenvalue weighted by Crippen LogP contribution is 2.22. The van der Waals surface area contributed by atoms with Gasteiger partial charge in [-0.05, 0) is 38.3 Å². The van der Waals surface area contributed by atoms with Gasteiger partial charge in [0, 0.05) is 6.26 Å². The molecule has 130 valence electrons. The van der Waals surface area contributed by atoms with Crippen LogP contribution in [0, 0.1) is 13.8 Å². The first-order valence-electron chi connectivity index (χ1n) is 7.53. The second-order valence-corrected chi connectivity index (χ2v) is 8.23. The lowest BCUT2D eigenvalue weighted by Crippen LogP contribution is -2.46. The number of benzene rings is 1. The number of hydrogen-bond donors (Lipinski definition) is 2. The Labute approximate surface area is 138 Å². The molecule has 3 N–H and O–H groups in total. The lowest BCUT2D eigenvalue weighted by Gasteiger charge is -2.19. The van der Waals surface area contributed by atoms with E-state index in [2.05, 4.69) is 5.32 Å². The summed E-state index contributed by atoms with van der Waals surface area (Å²) < 4.78 is 28.0. The molecular weight excluding hydrogens is 316 g/mol. The Hall–Kier alpha value is -1.60. The highest BCUT2D eigenvalue weighted by molar-refractivity contribution is 7.90. The van der Waals surface area contributed by atoms with Crippen molar-refractivity contribution in [2.45, 2.75) is 39.3 Å². The molecule has 0 saturated heterocycles. The average Bonchev–Trinajstić information content (AvgIpc) is 2.43. The molecule has 1 aromatic rings. The highest BCUT2D eigenvalue weighted by atomic mass is 32.2. The summed E-state index contributed by atoms with van der Waals surface area (Å²) in [6.07, 6.45) is 1.23. The summed E-state index contributed by atoms with van der Waals surface area (Å²) in [7, 11) is -3.12. The largest absolute Gasteiger partial charge is 0.491 e. The van der Waals surface area contributed by atoms with E-state index in [-0.39, 0.29) is 24.1 Å². The van der Waals surface area contributed by atoms with Crippen molar-refractivity contribution in [3.8, 4) is 5.75 Å². The first-order valence-corrected chi connectivity index (χ1v) is 9.59. The van der Waals surface area contributed by atoms with E-state index in [1.807, 2.05) is 39.0 Å². The third-order valence-corrected chi connectivity index (χ3v) is 4.39. The van der Waals surface area contributed by atoms with Crippen molar-refractivity contribution in [3.05, 3.63) is 29.3 Å². The minimum Gasteiger partial charge on any atom is -0.491 e. The summed E-state index contributed by atoms with van der Waals surface area (Å²) in [6.45, 7) is 6.06. The fraction of sp³-hybridized carbons (Fsp3) is 0.562. The highest BCUT2D eigenvalue weighted by Gasteiger charge is 2.18. The van der Waals surface area contributed by atoms with E-state index in [0.717, 1.165) is 23.1 Å². The van der Waals surface area contributed by atoms with Crippen molar-refractivity contribution >= 4 is 15.7 Å². The first-order chi connectivity index (χ1) is 10.6. The lowest BCUT2D eigenvalue weighted by molar-refractivity contribution is -0.123. The smallest absolute Gasteiger partial charge is 0.237 e. The minimum atomic E-state index is -3.12. The van der Waals surface area contributed by atoms with Gasteiger partial charge in [0.1, 0.15) is 22.2 Å². The van der Waals surface area contributed by atoms with Gasteiger partial charge in [-0.1, -0.05) is 18.2 Å². The second-order valence-electron chi connectivity index (χ2n) is 5.97. The number of nitrogens with one attached hydrogen (secondary N) is 1. The summed E-state index contributed by atoms with van der Waals surface area (Å²) in [6, 6.07) is 4.82. The zero-order chi connectivity index (χ0) is 17.6. The van der Waals surface area contributed by atoms with Crippen LogP contribution < -0.4 is 15.8 Å². The summed E-state index contributed by atoms with van der Waals surface area (Å²) in [5.41, 5.74) is 7.78. The van der Waals surface area contributed by atoms with Crippen LogP contribution in [0.4, 0.5) is 0 Å². The van der Waals surface area contributed by atoms with Crippen molar-refractivity contribution in [1.82, 2.24) is 5.32 Å². The summed E-state index contributed by atoms with van der Waals surface area (Å²) in [4.78, 5) is 11.9. The lowest BCUT2D eigenvalue weighted by atomic mass is 10.1. The molecule has 2 unspecified atom stereocenters. The Kier molecular flexibility index (Phi) is 7.02. The second kappa shape index (κ2) is 8.31. The Morgan fingerprint density at radius 2 is 1.87 bits per heavy atom. The molecule has 7 heteroatoms. The number of para-hydroxylation sites is 1. The maximum absolute atomic E-state index is 11.9. The Bertz CT molecular complexity index is 623. The van der Waals surface area contributed by atoms with Crippen molar-refractivity contribution < 1.29 is 17.9 Å². The molecule has 0 saturated carbocycles. The van der Waals surface area contributed by atoms with E-state index < -0.39 is 15.9 Å². The van der Waals surface area contributed by atoms with Gasteiger partial charge in [0.05, 0.1) is 17.8 Å². The predicted molar refractivity (Wildman–Crippen MR) is 91.3 cm³/mol. The Morgan fingerprint density at radius 1 is 1.30 bits per heavy atom. The van der Waals surface area contributed by atoms with Gasteiger partial charge in [-0.25, -0.2) is 8.42 Å². The van der Waals surface area contributed by atoms with E-state index in [0.29, 0.717) is 6.61 Å².